The van der Waals surface area contributed by atoms with Crippen LogP contribution in [0.3, 0.4) is 0 Å². The molecule has 1 aliphatic heterocycles. The molecule has 0 radical (unpaired) electrons. The Morgan fingerprint density at radius 3 is 2.53 bits per heavy atom. The molecule has 1 saturated heterocycles. The summed E-state index contributed by atoms with van der Waals surface area (Å²) in [6.07, 6.45) is 10.4. The molecule has 9 heteroatoms. The number of imidazole rings is 1. The molecule has 1 amide bonds. The van der Waals surface area contributed by atoms with Crippen molar-refractivity contribution in [1.29, 1.82) is 0 Å². The summed E-state index contributed by atoms with van der Waals surface area (Å²) in [7, 11) is 5.13. The van der Waals surface area contributed by atoms with Gasteiger partial charge in [-0.15, -0.1) is 0 Å². The Bertz CT molecular complexity index is 1030. The summed E-state index contributed by atoms with van der Waals surface area (Å²) in [6, 6.07) is 5.16. The minimum absolute atomic E-state index is 0.0200. The minimum atomic E-state index is -0.446. The maximum absolute atomic E-state index is 13.4. The highest BCUT2D eigenvalue weighted by atomic mass is 16.5. The van der Waals surface area contributed by atoms with Gasteiger partial charge >= 0.3 is 0 Å². The molecule has 1 N–H and O–H groups in total. The zero-order chi connectivity index (χ0) is 22.5. The van der Waals surface area contributed by atoms with E-state index in [4.69, 9.17) is 9.47 Å². The van der Waals surface area contributed by atoms with Crippen LogP contribution in [0.4, 0.5) is 5.82 Å². The van der Waals surface area contributed by atoms with E-state index in [1.807, 2.05) is 29.9 Å². The molecular formula is C23H28N6O3. The molecule has 1 aromatic carbocycles. The monoisotopic (exact) mass is 436 g/mol. The third-order valence-corrected chi connectivity index (χ3v) is 5.78. The van der Waals surface area contributed by atoms with E-state index in [0.29, 0.717) is 18.0 Å². The number of anilines is 1. The van der Waals surface area contributed by atoms with E-state index in [9.17, 15) is 4.79 Å². The van der Waals surface area contributed by atoms with E-state index in [-0.39, 0.29) is 11.8 Å². The molecule has 168 valence electrons. The summed E-state index contributed by atoms with van der Waals surface area (Å²) in [4.78, 5) is 28.6. The maximum atomic E-state index is 13.4. The lowest BCUT2D eigenvalue weighted by atomic mass is 9.96. The Balaban J connectivity index is 1.59. The number of hydrogen-bond donors (Lipinski definition) is 1. The molecule has 0 unspecified atom stereocenters. The van der Waals surface area contributed by atoms with Crippen LogP contribution < -0.4 is 19.7 Å². The number of carbonyl (C=O) groups excluding carboxylic acids is 1. The fourth-order valence-electron chi connectivity index (χ4n) is 4.06. The van der Waals surface area contributed by atoms with Gasteiger partial charge in [-0.25, -0.2) is 9.97 Å². The average Bonchev–Trinajstić information content (AvgIpc) is 3.28. The van der Waals surface area contributed by atoms with E-state index in [0.717, 1.165) is 36.6 Å². The van der Waals surface area contributed by atoms with Gasteiger partial charge in [0.15, 0.2) is 0 Å². The van der Waals surface area contributed by atoms with Gasteiger partial charge in [-0.05, 0) is 30.5 Å². The fourth-order valence-corrected chi connectivity index (χ4v) is 4.06. The molecular weight excluding hydrogens is 408 g/mol. The average molecular weight is 437 g/mol. The summed E-state index contributed by atoms with van der Waals surface area (Å²) < 4.78 is 12.8. The second-order valence-electron chi connectivity index (χ2n) is 7.83. The molecule has 9 nitrogen and oxygen atoms in total. The van der Waals surface area contributed by atoms with Crippen molar-refractivity contribution in [3.63, 3.8) is 0 Å². The molecule has 32 heavy (non-hydrogen) atoms. The van der Waals surface area contributed by atoms with Crippen molar-refractivity contribution in [2.45, 2.75) is 18.9 Å². The number of nitrogens with one attached hydrogen (secondary N) is 1. The van der Waals surface area contributed by atoms with Gasteiger partial charge in [0.25, 0.3) is 0 Å². The van der Waals surface area contributed by atoms with Crippen LogP contribution in [-0.4, -0.2) is 52.7 Å². The van der Waals surface area contributed by atoms with Crippen LogP contribution in [0.2, 0.25) is 0 Å². The number of methoxy groups -OCH3 is 2. The van der Waals surface area contributed by atoms with Crippen molar-refractivity contribution in [2.75, 3.05) is 32.2 Å². The molecule has 1 fully saturated rings. The van der Waals surface area contributed by atoms with E-state index < -0.39 is 6.04 Å². The first-order chi connectivity index (χ1) is 15.6. The minimum Gasteiger partial charge on any atom is -0.497 e. The van der Waals surface area contributed by atoms with Gasteiger partial charge in [0.05, 0.1) is 26.3 Å². The van der Waals surface area contributed by atoms with Crippen molar-refractivity contribution in [2.24, 2.45) is 13.0 Å². The second kappa shape index (κ2) is 9.67. The molecule has 0 bridgehead atoms. The summed E-state index contributed by atoms with van der Waals surface area (Å²) >= 11 is 0. The molecule has 0 saturated carbocycles. The van der Waals surface area contributed by atoms with E-state index in [2.05, 4.69) is 25.2 Å². The number of aryl methyl sites for hydroxylation is 1. The molecule has 4 rings (SSSR count). The lowest BCUT2D eigenvalue weighted by molar-refractivity contribution is -0.125. The Morgan fingerprint density at radius 1 is 1.12 bits per heavy atom. The Hall–Kier alpha value is -3.62. The number of piperidine rings is 1. The van der Waals surface area contributed by atoms with Crippen LogP contribution in [0.5, 0.6) is 11.5 Å². The molecule has 3 aromatic rings. The predicted molar refractivity (Wildman–Crippen MR) is 120 cm³/mol. The molecule has 1 aliphatic rings. The number of nitrogens with zero attached hydrogens (tertiary/aromatic N) is 5. The van der Waals surface area contributed by atoms with E-state index >= 15 is 0 Å². The van der Waals surface area contributed by atoms with Crippen molar-refractivity contribution < 1.29 is 14.3 Å². The van der Waals surface area contributed by atoms with Gasteiger partial charge < -0.3 is 24.3 Å². The number of aromatic nitrogens is 4. The Labute approximate surface area is 187 Å². The molecule has 3 heterocycles. The topological polar surface area (TPSA) is 94.4 Å². The van der Waals surface area contributed by atoms with Gasteiger partial charge in [0.2, 0.25) is 5.91 Å². The van der Waals surface area contributed by atoms with Crippen molar-refractivity contribution in [3.8, 4) is 11.5 Å². The van der Waals surface area contributed by atoms with Crippen molar-refractivity contribution in [3.05, 3.63) is 60.6 Å². The molecule has 0 aliphatic carbocycles. The second-order valence-corrected chi connectivity index (χ2v) is 7.83. The predicted octanol–water partition coefficient (Wildman–Crippen LogP) is 2.35. The largest absolute Gasteiger partial charge is 0.497 e. The van der Waals surface area contributed by atoms with Gasteiger partial charge in [0, 0.05) is 51.0 Å². The van der Waals surface area contributed by atoms with Gasteiger partial charge in [-0.2, -0.15) is 0 Å². The van der Waals surface area contributed by atoms with E-state index in [1.165, 1.54) is 0 Å². The molecule has 2 atom stereocenters. The summed E-state index contributed by atoms with van der Waals surface area (Å²) in [5.41, 5.74) is 0.838. The van der Waals surface area contributed by atoms with Gasteiger partial charge in [-0.3, -0.25) is 9.78 Å². The quantitative estimate of drug-likeness (QED) is 0.608. The Morgan fingerprint density at radius 2 is 1.91 bits per heavy atom. The molecule has 0 spiro atoms. The zero-order valence-electron chi connectivity index (χ0n) is 18.6. The van der Waals surface area contributed by atoms with Gasteiger partial charge in [0.1, 0.15) is 29.2 Å². The highest BCUT2D eigenvalue weighted by molar-refractivity contribution is 5.80. The van der Waals surface area contributed by atoms with Crippen molar-refractivity contribution in [1.82, 2.24) is 24.8 Å². The lowest BCUT2D eigenvalue weighted by Gasteiger charge is -2.33. The van der Waals surface area contributed by atoms with Crippen LogP contribution >= 0.6 is 0 Å². The summed E-state index contributed by atoms with van der Waals surface area (Å²) in [6.45, 7) is 1.46. The first kappa shape index (κ1) is 21.6. The third kappa shape index (κ3) is 4.66. The number of ether oxygens (including phenoxy) is 2. The number of carbonyl (C=O) groups is 1. The van der Waals surface area contributed by atoms with Crippen LogP contribution in [-0.2, 0) is 11.8 Å². The number of benzene rings is 1. The van der Waals surface area contributed by atoms with Crippen LogP contribution in [0.1, 0.15) is 30.3 Å². The first-order valence-electron chi connectivity index (χ1n) is 10.6. The van der Waals surface area contributed by atoms with Crippen LogP contribution in [0, 0.1) is 5.92 Å². The summed E-state index contributed by atoms with van der Waals surface area (Å²) in [5, 5.41) is 3.22. The van der Waals surface area contributed by atoms with Gasteiger partial charge in [-0.1, -0.05) is 0 Å². The number of amides is 1. The SMILES string of the molecule is COc1cc(OC)cc([C@@H](NC(=O)[C@@H]2CCCN(c3cnccn3)C2)c2nccn2C)c1. The van der Waals surface area contributed by atoms with Crippen LogP contribution in [0.25, 0.3) is 0 Å². The number of rotatable bonds is 7. The highest BCUT2D eigenvalue weighted by Gasteiger charge is 2.30. The highest BCUT2D eigenvalue weighted by Crippen LogP contribution is 2.30. The van der Waals surface area contributed by atoms with Crippen LogP contribution in [0.15, 0.2) is 49.2 Å². The van der Waals surface area contributed by atoms with E-state index in [1.54, 1.807) is 45.1 Å². The first-order valence-corrected chi connectivity index (χ1v) is 10.6. The van der Waals surface area contributed by atoms with Crippen molar-refractivity contribution >= 4 is 11.7 Å². The third-order valence-electron chi connectivity index (χ3n) is 5.78. The lowest BCUT2D eigenvalue weighted by Crippen LogP contribution is -2.44. The normalized spacial score (nSPS) is 17.0. The zero-order valence-corrected chi connectivity index (χ0v) is 18.6. The standard InChI is InChI=1S/C23H28N6O3/c1-28-10-8-26-22(28)21(17-11-18(31-2)13-19(12-17)32-3)27-23(30)16-5-4-9-29(15-16)20-14-24-6-7-25-20/h6-8,10-14,16,21H,4-5,9,15H2,1-3H3,(H,27,30)/t16-,21-/m1/s1. The Kier molecular flexibility index (Phi) is 6.53. The number of hydrogen-bond acceptors (Lipinski definition) is 7. The molecule has 2 aromatic heterocycles. The summed E-state index contributed by atoms with van der Waals surface area (Å²) in [5.74, 6) is 2.64. The smallest absolute Gasteiger partial charge is 0.225 e. The maximum Gasteiger partial charge on any atom is 0.225 e. The fraction of sp³-hybridized carbons (Fsp3) is 0.391.